The second kappa shape index (κ2) is 5.17. The lowest BCUT2D eigenvalue weighted by Crippen LogP contribution is -2.31. The van der Waals surface area contributed by atoms with Gasteiger partial charge in [0, 0.05) is 0 Å². The van der Waals surface area contributed by atoms with Gasteiger partial charge < -0.3 is 5.23 Å². The van der Waals surface area contributed by atoms with Crippen LogP contribution in [0.4, 0.5) is 0 Å². The first-order chi connectivity index (χ1) is 3.85. The van der Waals surface area contributed by atoms with Crippen molar-refractivity contribution in [2.24, 2.45) is 0 Å². The van der Waals surface area contributed by atoms with Crippen molar-refractivity contribution in [2.75, 3.05) is 6.54 Å². The molecule has 1 N–H and O–H groups in total. The fraction of sp³-hybridized carbons (Fsp3) is 1.00. The third kappa shape index (κ3) is 3.08. The van der Waals surface area contributed by atoms with E-state index in [-0.39, 0.29) is 0 Å². The minimum Gasteiger partial charge on any atom is -0.356 e. The van der Waals surface area contributed by atoms with Crippen molar-refractivity contribution in [1.82, 2.24) is 5.23 Å². The van der Waals surface area contributed by atoms with E-state index < -0.39 is 0 Å². The molecule has 1 nitrogen and oxygen atoms in total. The Morgan fingerprint density at radius 2 is 1.62 bits per heavy atom. The largest absolute Gasteiger partial charge is 0.356 e. The van der Waals surface area contributed by atoms with Crippen LogP contribution in [0.25, 0.3) is 0 Å². The quantitative estimate of drug-likeness (QED) is 0.546. The SMILES string of the molecule is CCNB(CC)CC. The van der Waals surface area contributed by atoms with Gasteiger partial charge in [0.05, 0.1) is 0 Å². The maximum Gasteiger partial charge on any atom is 0.219 e. The van der Waals surface area contributed by atoms with Crippen molar-refractivity contribution >= 4 is 6.85 Å². The number of hydrogen-bond donors (Lipinski definition) is 1. The normalized spacial score (nSPS) is 9.38. The highest BCUT2D eigenvalue weighted by Crippen LogP contribution is 1.91. The summed E-state index contributed by atoms with van der Waals surface area (Å²) in [6.45, 7) is 8.44. The van der Waals surface area contributed by atoms with Gasteiger partial charge in [-0.25, -0.2) is 0 Å². The summed E-state index contributed by atoms with van der Waals surface area (Å²) < 4.78 is 0. The summed E-state index contributed by atoms with van der Waals surface area (Å²) in [6, 6.07) is 0. The highest BCUT2D eigenvalue weighted by molar-refractivity contribution is 6.55. The molecule has 0 aliphatic rings. The molecule has 0 aliphatic heterocycles. The molecule has 0 saturated carbocycles. The smallest absolute Gasteiger partial charge is 0.219 e. The zero-order chi connectivity index (χ0) is 6.41. The fourth-order valence-corrected chi connectivity index (χ4v) is 0.866. The number of nitrogens with one attached hydrogen (secondary N) is 1. The van der Waals surface area contributed by atoms with E-state index in [9.17, 15) is 0 Å². The van der Waals surface area contributed by atoms with Crippen molar-refractivity contribution < 1.29 is 0 Å². The van der Waals surface area contributed by atoms with Crippen LogP contribution in [0.2, 0.25) is 12.6 Å². The lowest BCUT2D eigenvalue weighted by Gasteiger charge is -2.06. The van der Waals surface area contributed by atoms with E-state index >= 15 is 0 Å². The molecule has 48 valence electrons. The Labute approximate surface area is 53.0 Å². The van der Waals surface area contributed by atoms with E-state index in [1.54, 1.807) is 0 Å². The van der Waals surface area contributed by atoms with Crippen molar-refractivity contribution in [3.63, 3.8) is 0 Å². The first-order valence-corrected chi connectivity index (χ1v) is 3.58. The molecule has 0 rings (SSSR count). The van der Waals surface area contributed by atoms with Gasteiger partial charge in [0.1, 0.15) is 0 Å². The summed E-state index contributed by atoms with van der Waals surface area (Å²) in [5, 5.41) is 3.38. The standard InChI is InChI=1S/C6H16BN/c1-4-7(5-2)8-6-3/h8H,4-6H2,1-3H3. The zero-order valence-electron chi connectivity index (χ0n) is 6.20. The zero-order valence-corrected chi connectivity index (χ0v) is 6.20. The van der Waals surface area contributed by atoms with Crippen molar-refractivity contribution in [2.45, 2.75) is 33.4 Å². The van der Waals surface area contributed by atoms with Gasteiger partial charge in [0.15, 0.2) is 0 Å². The Hall–Kier alpha value is 0.0249. The van der Waals surface area contributed by atoms with Crippen LogP contribution in [-0.2, 0) is 0 Å². The van der Waals surface area contributed by atoms with Gasteiger partial charge in [-0.2, -0.15) is 0 Å². The lowest BCUT2D eigenvalue weighted by molar-refractivity contribution is 0.961. The molecule has 0 bridgehead atoms. The molecule has 0 heterocycles. The van der Waals surface area contributed by atoms with Crippen molar-refractivity contribution in [3.05, 3.63) is 0 Å². The average molecular weight is 113 g/mol. The Morgan fingerprint density at radius 3 is 1.75 bits per heavy atom. The monoisotopic (exact) mass is 113 g/mol. The molecule has 0 amide bonds. The molecule has 0 fully saturated rings. The van der Waals surface area contributed by atoms with Crippen LogP contribution >= 0.6 is 0 Å². The maximum atomic E-state index is 3.38. The van der Waals surface area contributed by atoms with Crippen LogP contribution < -0.4 is 5.23 Å². The van der Waals surface area contributed by atoms with E-state index in [0.29, 0.717) is 0 Å². The van der Waals surface area contributed by atoms with E-state index in [2.05, 4.69) is 26.0 Å². The summed E-state index contributed by atoms with van der Waals surface area (Å²) in [5.41, 5.74) is 0. The van der Waals surface area contributed by atoms with Crippen LogP contribution in [0.1, 0.15) is 20.8 Å². The second-order valence-corrected chi connectivity index (χ2v) is 2.07. The van der Waals surface area contributed by atoms with Gasteiger partial charge in [-0.3, -0.25) is 0 Å². The molecule has 0 spiro atoms. The minimum atomic E-state index is 0.750. The third-order valence-electron chi connectivity index (χ3n) is 1.48. The molecule has 0 radical (unpaired) electrons. The van der Waals surface area contributed by atoms with E-state index in [1.807, 2.05) is 0 Å². The van der Waals surface area contributed by atoms with Gasteiger partial charge in [-0.15, -0.1) is 0 Å². The first-order valence-electron chi connectivity index (χ1n) is 3.58. The Balaban J connectivity index is 3.07. The third-order valence-corrected chi connectivity index (χ3v) is 1.48. The highest BCUT2D eigenvalue weighted by Gasteiger charge is 2.03. The summed E-state index contributed by atoms with van der Waals surface area (Å²) in [5.74, 6) is 0. The van der Waals surface area contributed by atoms with E-state index in [1.165, 1.54) is 12.6 Å². The maximum absolute atomic E-state index is 3.38. The van der Waals surface area contributed by atoms with Crippen LogP contribution in [0.3, 0.4) is 0 Å². The molecular weight excluding hydrogens is 96.9 g/mol. The van der Waals surface area contributed by atoms with Crippen molar-refractivity contribution in [1.29, 1.82) is 0 Å². The highest BCUT2D eigenvalue weighted by atomic mass is 14.8. The second-order valence-electron chi connectivity index (χ2n) is 2.07. The minimum absolute atomic E-state index is 0.750. The Bertz CT molecular complexity index is 43.8. The average Bonchev–Trinajstić information content (AvgIpc) is 1.83. The summed E-state index contributed by atoms with van der Waals surface area (Å²) in [6.07, 6.45) is 2.51. The van der Waals surface area contributed by atoms with E-state index in [0.717, 1.165) is 13.4 Å². The van der Waals surface area contributed by atoms with Crippen molar-refractivity contribution in [3.8, 4) is 0 Å². The predicted molar refractivity (Wildman–Crippen MR) is 40.4 cm³/mol. The van der Waals surface area contributed by atoms with Crippen LogP contribution in [0.5, 0.6) is 0 Å². The summed E-state index contributed by atoms with van der Waals surface area (Å²) in [4.78, 5) is 0. The Morgan fingerprint density at radius 1 is 1.12 bits per heavy atom. The van der Waals surface area contributed by atoms with Gasteiger partial charge in [0.2, 0.25) is 6.85 Å². The molecule has 0 aliphatic carbocycles. The van der Waals surface area contributed by atoms with Gasteiger partial charge in [-0.1, -0.05) is 33.4 Å². The van der Waals surface area contributed by atoms with Crippen LogP contribution in [-0.4, -0.2) is 13.4 Å². The number of rotatable bonds is 4. The molecule has 0 atom stereocenters. The van der Waals surface area contributed by atoms with Crippen LogP contribution in [0, 0.1) is 0 Å². The molecule has 0 unspecified atom stereocenters. The first kappa shape index (κ1) is 8.02. The molecule has 0 aromatic carbocycles. The topological polar surface area (TPSA) is 12.0 Å². The van der Waals surface area contributed by atoms with Crippen LogP contribution in [0.15, 0.2) is 0 Å². The lowest BCUT2D eigenvalue weighted by atomic mass is 9.57. The molecular formula is C6H16BN. The molecule has 8 heavy (non-hydrogen) atoms. The van der Waals surface area contributed by atoms with Gasteiger partial charge >= 0.3 is 0 Å². The molecule has 0 saturated heterocycles. The van der Waals surface area contributed by atoms with E-state index in [4.69, 9.17) is 0 Å². The molecule has 0 aromatic heterocycles. The predicted octanol–water partition coefficient (Wildman–Crippen LogP) is 1.63. The number of hydrogen-bond acceptors (Lipinski definition) is 1. The Kier molecular flexibility index (Phi) is 5.18. The van der Waals surface area contributed by atoms with Gasteiger partial charge in [-0.05, 0) is 6.54 Å². The summed E-state index contributed by atoms with van der Waals surface area (Å²) >= 11 is 0. The fourth-order valence-electron chi connectivity index (χ4n) is 0.866. The molecule has 2 heteroatoms. The molecule has 0 aromatic rings. The summed E-state index contributed by atoms with van der Waals surface area (Å²) in [7, 11) is 0. The van der Waals surface area contributed by atoms with Gasteiger partial charge in [0.25, 0.3) is 0 Å².